The number of carbonyl (C=O) groups excluding carboxylic acids is 3. The molecule has 6 fully saturated rings. The van der Waals surface area contributed by atoms with Crippen LogP contribution < -0.4 is 0 Å². The number of nitrogens with zero attached hydrogens (tertiary/aromatic N) is 1. The highest BCUT2D eigenvalue weighted by atomic mass is 16.5. The Balaban J connectivity index is 1.47. The fourth-order valence-electron chi connectivity index (χ4n) is 12.4. The number of rotatable bonds is 1. The summed E-state index contributed by atoms with van der Waals surface area (Å²) in [5, 5.41) is 10.3. The first kappa shape index (κ1) is 26.5. The van der Waals surface area contributed by atoms with Crippen LogP contribution in [0.3, 0.4) is 0 Å². The van der Waals surface area contributed by atoms with Crippen molar-refractivity contribution in [1.82, 2.24) is 0 Å². The van der Waals surface area contributed by atoms with Crippen LogP contribution in [0.15, 0.2) is 0 Å². The summed E-state index contributed by atoms with van der Waals surface area (Å²) >= 11 is 0. The van der Waals surface area contributed by atoms with Crippen LogP contribution in [0.1, 0.15) is 106 Å². The van der Waals surface area contributed by atoms with Crippen molar-refractivity contribution in [1.29, 1.82) is 5.26 Å². The van der Waals surface area contributed by atoms with Gasteiger partial charge in [0.1, 0.15) is 11.2 Å². The number of methoxy groups -OCH3 is 1. The van der Waals surface area contributed by atoms with Crippen molar-refractivity contribution in [2.24, 2.45) is 67.5 Å². The summed E-state index contributed by atoms with van der Waals surface area (Å²) in [6.07, 6.45) is 7.46. The van der Waals surface area contributed by atoms with Gasteiger partial charge >= 0.3 is 5.97 Å². The maximum absolute atomic E-state index is 14.6. The van der Waals surface area contributed by atoms with Crippen LogP contribution in [0, 0.1) is 78.8 Å². The fourth-order valence-corrected chi connectivity index (χ4v) is 12.4. The van der Waals surface area contributed by atoms with E-state index >= 15 is 0 Å². The Bertz CT molecular complexity index is 1180. The highest BCUT2D eigenvalue weighted by molar-refractivity contribution is 5.97. The SMILES string of the molecule is COC(=O)[C@]12CCC(C)(C)CC1C1C(=O)C[C@@H]3[C@@]4(C)[C@H]5C[C@@]5(C#N)C(=O)C(C)(C)[C@@H]4CC[C@@]3(C)[C@]1(C)CC2. The second kappa shape index (κ2) is 7.32. The third kappa shape index (κ3) is 2.72. The molecule has 0 heterocycles. The first-order chi connectivity index (χ1) is 17.5. The molecule has 0 spiro atoms. The minimum atomic E-state index is -0.867. The van der Waals surface area contributed by atoms with Crippen LogP contribution in [0.25, 0.3) is 0 Å². The van der Waals surface area contributed by atoms with Crippen LogP contribution in [0.4, 0.5) is 0 Å². The predicted octanol–water partition coefficient (Wildman–Crippen LogP) is 6.54. The maximum Gasteiger partial charge on any atom is 0.312 e. The summed E-state index contributed by atoms with van der Waals surface area (Å²) in [6.45, 7) is 15.9. The van der Waals surface area contributed by atoms with Crippen molar-refractivity contribution in [3.63, 3.8) is 0 Å². The van der Waals surface area contributed by atoms with Crippen molar-refractivity contribution in [2.45, 2.75) is 106 Å². The normalized spacial score (nSPS) is 53.7. The molecule has 6 aliphatic rings. The minimum Gasteiger partial charge on any atom is -0.469 e. The van der Waals surface area contributed by atoms with E-state index in [1.165, 1.54) is 7.11 Å². The number of fused-ring (bicyclic) bond motifs is 9. The van der Waals surface area contributed by atoms with Crippen LogP contribution >= 0.6 is 0 Å². The molecule has 0 aromatic carbocycles. The lowest BCUT2D eigenvalue weighted by Gasteiger charge is -2.72. The molecule has 208 valence electrons. The van der Waals surface area contributed by atoms with Gasteiger partial charge < -0.3 is 4.74 Å². The highest BCUT2D eigenvalue weighted by Crippen LogP contribution is 2.82. The molecule has 0 N–H and O–H groups in total. The lowest BCUT2D eigenvalue weighted by Crippen LogP contribution is -2.70. The third-order valence-corrected chi connectivity index (χ3v) is 14.6. The van der Waals surface area contributed by atoms with E-state index in [0.29, 0.717) is 18.6 Å². The van der Waals surface area contributed by atoms with Gasteiger partial charge in [-0.3, -0.25) is 14.4 Å². The minimum absolute atomic E-state index is 0.0109. The zero-order chi connectivity index (χ0) is 27.9. The zero-order valence-corrected chi connectivity index (χ0v) is 24.8. The summed E-state index contributed by atoms with van der Waals surface area (Å²) in [7, 11) is 1.51. The molecule has 2 unspecified atom stereocenters. The summed E-state index contributed by atoms with van der Waals surface area (Å²) in [4.78, 5) is 41.7. The lowest BCUT2D eigenvalue weighted by atomic mass is 9.31. The number of Topliss-reactive ketones (excluding diaryl/α,β-unsaturated/α-hetero) is 2. The number of hydrogen-bond acceptors (Lipinski definition) is 5. The molecule has 0 amide bonds. The molecule has 0 aliphatic heterocycles. The maximum atomic E-state index is 14.6. The summed E-state index contributed by atoms with van der Waals surface area (Å²) in [5.74, 6) is 0.609. The van der Waals surface area contributed by atoms with E-state index in [0.717, 1.165) is 44.9 Å². The van der Waals surface area contributed by atoms with E-state index < -0.39 is 16.2 Å². The van der Waals surface area contributed by atoms with Crippen molar-refractivity contribution in [2.75, 3.05) is 7.11 Å². The van der Waals surface area contributed by atoms with Gasteiger partial charge in [0.15, 0.2) is 5.78 Å². The fraction of sp³-hybridized carbons (Fsp3) is 0.879. The summed E-state index contributed by atoms with van der Waals surface area (Å²) < 4.78 is 5.45. The number of hydrogen-bond donors (Lipinski definition) is 0. The Morgan fingerprint density at radius 3 is 2.16 bits per heavy atom. The second-order valence-electron chi connectivity index (χ2n) is 16.5. The quantitative estimate of drug-likeness (QED) is 0.366. The number of nitriles is 1. The molecule has 6 aliphatic carbocycles. The first-order valence-corrected chi connectivity index (χ1v) is 15.1. The molecular formula is C33H47NO4. The first-order valence-electron chi connectivity index (χ1n) is 15.1. The van der Waals surface area contributed by atoms with Crippen molar-refractivity contribution in [3.8, 4) is 6.07 Å². The van der Waals surface area contributed by atoms with E-state index in [4.69, 9.17) is 4.74 Å². The molecule has 0 aromatic heterocycles. The molecule has 0 aromatic rings. The van der Waals surface area contributed by atoms with Crippen LogP contribution in [-0.2, 0) is 19.1 Å². The Morgan fingerprint density at radius 2 is 1.53 bits per heavy atom. The second-order valence-corrected chi connectivity index (χ2v) is 16.5. The van der Waals surface area contributed by atoms with Crippen LogP contribution in [-0.4, -0.2) is 24.6 Å². The molecule has 6 saturated carbocycles. The van der Waals surface area contributed by atoms with Gasteiger partial charge in [-0.1, -0.05) is 48.5 Å². The summed E-state index contributed by atoms with van der Waals surface area (Å²) in [5.41, 5.74) is -2.40. The van der Waals surface area contributed by atoms with Gasteiger partial charge in [-0.15, -0.1) is 0 Å². The Labute approximate surface area is 228 Å². The molecule has 0 saturated heterocycles. The van der Waals surface area contributed by atoms with E-state index in [-0.39, 0.29) is 63.0 Å². The van der Waals surface area contributed by atoms with Gasteiger partial charge in [-0.05, 0) is 96.7 Å². The molecule has 38 heavy (non-hydrogen) atoms. The molecule has 10 atom stereocenters. The Kier molecular flexibility index (Phi) is 5.11. The third-order valence-electron chi connectivity index (χ3n) is 14.6. The van der Waals surface area contributed by atoms with Gasteiger partial charge in [0, 0.05) is 17.8 Å². The topological polar surface area (TPSA) is 84.2 Å². The molecular weight excluding hydrogens is 474 g/mol. The predicted molar refractivity (Wildman–Crippen MR) is 143 cm³/mol. The van der Waals surface area contributed by atoms with Crippen LogP contribution in [0.2, 0.25) is 0 Å². The van der Waals surface area contributed by atoms with Gasteiger partial charge in [0.2, 0.25) is 0 Å². The van der Waals surface area contributed by atoms with E-state index in [2.05, 4.69) is 54.5 Å². The smallest absolute Gasteiger partial charge is 0.312 e. The Morgan fingerprint density at radius 1 is 0.868 bits per heavy atom. The zero-order valence-electron chi connectivity index (χ0n) is 24.8. The number of ether oxygens (including phenoxy) is 1. The number of ketones is 2. The van der Waals surface area contributed by atoms with Gasteiger partial charge in [0.05, 0.1) is 18.6 Å². The van der Waals surface area contributed by atoms with Gasteiger partial charge in [-0.2, -0.15) is 5.26 Å². The number of esters is 1. The Hall–Kier alpha value is -1.70. The van der Waals surface area contributed by atoms with Crippen molar-refractivity contribution < 1.29 is 19.1 Å². The standard InChI is InChI=1S/C33H47NO4/c1-27(2)11-13-32(26(37)38-8)14-12-30(6)24(19(32)16-27)20(35)15-22-29(30,5)10-9-21-28(3,4)25(36)33(18-34)17-23(33)31(21,22)7/h19,21-24H,9-17H2,1-8H3/t19?,21-,22-,23+,24?,29+,30+,31-,32-,33-/m0/s1. The molecule has 0 radical (unpaired) electrons. The van der Waals surface area contributed by atoms with Gasteiger partial charge in [-0.25, -0.2) is 0 Å². The van der Waals surface area contributed by atoms with Crippen molar-refractivity contribution in [3.05, 3.63) is 0 Å². The average Bonchev–Trinajstić information content (AvgIpc) is 3.61. The van der Waals surface area contributed by atoms with E-state index in [1.54, 1.807) is 0 Å². The molecule has 0 bridgehead atoms. The lowest BCUT2D eigenvalue weighted by molar-refractivity contribution is -0.239. The monoisotopic (exact) mass is 521 g/mol. The van der Waals surface area contributed by atoms with E-state index in [1.807, 2.05) is 0 Å². The van der Waals surface area contributed by atoms with Gasteiger partial charge in [0.25, 0.3) is 0 Å². The molecule has 5 heteroatoms. The van der Waals surface area contributed by atoms with E-state index in [9.17, 15) is 19.6 Å². The largest absolute Gasteiger partial charge is 0.469 e. The molecule has 6 rings (SSSR count). The highest BCUT2D eigenvalue weighted by Gasteiger charge is 2.82. The number of carbonyl (C=O) groups is 3. The average molecular weight is 522 g/mol. The van der Waals surface area contributed by atoms with Crippen LogP contribution in [0.5, 0.6) is 0 Å². The van der Waals surface area contributed by atoms with Crippen molar-refractivity contribution >= 4 is 17.5 Å². The summed E-state index contributed by atoms with van der Waals surface area (Å²) in [6, 6.07) is 2.49. The molecule has 5 nitrogen and oxygen atoms in total.